The van der Waals surface area contributed by atoms with Crippen LogP contribution < -0.4 is 0 Å². The molecule has 0 fully saturated rings. The van der Waals surface area contributed by atoms with E-state index in [0.29, 0.717) is 11.1 Å². The summed E-state index contributed by atoms with van der Waals surface area (Å²) in [6, 6.07) is 27.3. The lowest BCUT2D eigenvalue weighted by molar-refractivity contribution is 0.311. The second-order valence-corrected chi connectivity index (χ2v) is 20.6. The van der Waals surface area contributed by atoms with E-state index in [2.05, 4.69) is 101 Å². The molecular formula is C65H86F4. The quantitative estimate of drug-likeness (QED) is 0.0376. The molecule has 2 atom stereocenters. The van der Waals surface area contributed by atoms with Gasteiger partial charge in [0.05, 0.1) is 0 Å². The van der Waals surface area contributed by atoms with Crippen LogP contribution in [0.25, 0.3) is 11.1 Å². The molecule has 6 rings (SSSR count). The van der Waals surface area contributed by atoms with Gasteiger partial charge < -0.3 is 0 Å². The van der Waals surface area contributed by atoms with Crippen molar-refractivity contribution in [2.24, 2.45) is 10.8 Å². The first-order valence-electron chi connectivity index (χ1n) is 27.5. The minimum atomic E-state index is -0.781. The fourth-order valence-corrected chi connectivity index (χ4v) is 10.3. The molecule has 2 unspecified atom stereocenters. The van der Waals surface area contributed by atoms with Gasteiger partial charge in [0.25, 0.3) is 0 Å². The number of hydrogen-bond acceptors (Lipinski definition) is 0. The topological polar surface area (TPSA) is 0 Å². The average Bonchev–Trinajstić information content (AvgIpc) is 3.37. The standard InChI is InChI=1S/C33H44F2.C32H42F2/c1-3-5-7-8-9-10-13-27-16-18-28(19-17-27)20-24-33(23-11-6-4-2)25-21-29(22-26-33)30-14-12-15-31(34)32(30)35;1-3-5-7-8-9-12-26-15-17-27(18-16-26)19-23-32(22-10-6-4-2)24-20-28(21-25-32)29-13-11-14-30(33)31(29)34/h12,14-19,21-22,25H,3-11,13,20,23-24,26H2,1-2H3;11,13-18,20-21,24H,3-10,12,19,22-23,25H2,1-2H3. The summed E-state index contributed by atoms with van der Waals surface area (Å²) in [7, 11) is 0. The first kappa shape index (κ1) is 55.5. The van der Waals surface area contributed by atoms with Crippen molar-refractivity contribution in [1.29, 1.82) is 0 Å². The summed E-state index contributed by atoms with van der Waals surface area (Å²) >= 11 is 0. The maximum absolute atomic E-state index is 14.3. The van der Waals surface area contributed by atoms with Gasteiger partial charge in [0.15, 0.2) is 23.3 Å². The van der Waals surface area contributed by atoms with E-state index in [0.717, 1.165) is 62.5 Å². The largest absolute Gasteiger partial charge is 0.204 e. The van der Waals surface area contributed by atoms with Crippen LogP contribution >= 0.6 is 0 Å². The Kier molecular flexibility index (Phi) is 24.4. The lowest BCUT2D eigenvalue weighted by Crippen LogP contribution is -2.21. The number of allylic oxidation sites excluding steroid dienone is 8. The molecule has 69 heavy (non-hydrogen) atoms. The first-order chi connectivity index (χ1) is 33.6. The number of hydrogen-bond donors (Lipinski definition) is 0. The summed E-state index contributed by atoms with van der Waals surface area (Å²) in [5.74, 6) is -3.06. The van der Waals surface area contributed by atoms with E-state index >= 15 is 0 Å². The molecular weight excluding hydrogens is 857 g/mol. The van der Waals surface area contributed by atoms with Crippen molar-refractivity contribution < 1.29 is 17.6 Å². The zero-order valence-corrected chi connectivity index (χ0v) is 43.2. The van der Waals surface area contributed by atoms with Gasteiger partial charge in [0.2, 0.25) is 0 Å². The van der Waals surface area contributed by atoms with E-state index in [9.17, 15) is 17.6 Å². The third kappa shape index (κ3) is 18.4. The number of unbranched alkanes of at least 4 members (excludes halogenated alkanes) is 13. The minimum Gasteiger partial charge on any atom is -0.204 e. The van der Waals surface area contributed by atoms with Crippen molar-refractivity contribution in [2.45, 2.75) is 201 Å². The molecule has 0 spiro atoms. The Balaban J connectivity index is 0.000000258. The molecule has 374 valence electrons. The number of halogens is 4. The molecule has 0 amide bonds. The van der Waals surface area contributed by atoms with Crippen LogP contribution in [-0.2, 0) is 25.7 Å². The van der Waals surface area contributed by atoms with E-state index in [-0.39, 0.29) is 10.8 Å². The van der Waals surface area contributed by atoms with Crippen LogP contribution in [0, 0.1) is 34.1 Å². The molecule has 0 aromatic heterocycles. The van der Waals surface area contributed by atoms with Crippen molar-refractivity contribution in [2.75, 3.05) is 0 Å². The fourth-order valence-electron chi connectivity index (χ4n) is 10.3. The van der Waals surface area contributed by atoms with E-state index in [1.807, 2.05) is 12.2 Å². The van der Waals surface area contributed by atoms with Gasteiger partial charge in [-0.05, 0) is 133 Å². The van der Waals surface area contributed by atoms with Crippen molar-refractivity contribution in [3.63, 3.8) is 0 Å². The Morgan fingerprint density at radius 3 is 1.04 bits per heavy atom. The lowest BCUT2D eigenvalue weighted by Gasteiger charge is -2.33. The molecule has 0 saturated heterocycles. The van der Waals surface area contributed by atoms with Gasteiger partial charge in [-0.25, -0.2) is 17.6 Å². The first-order valence-corrected chi connectivity index (χ1v) is 27.5. The van der Waals surface area contributed by atoms with Crippen LogP contribution in [0.15, 0.2) is 121 Å². The van der Waals surface area contributed by atoms with Gasteiger partial charge in [-0.1, -0.05) is 233 Å². The van der Waals surface area contributed by atoms with Gasteiger partial charge >= 0.3 is 0 Å². The molecule has 0 aliphatic heterocycles. The third-order valence-electron chi connectivity index (χ3n) is 15.0. The smallest absolute Gasteiger partial charge is 0.166 e. The summed E-state index contributed by atoms with van der Waals surface area (Å²) in [6.45, 7) is 9.00. The zero-order chi connectivity index (χ0) is 49.2. The molecule has 0 saturated carbocycles. The molecule has 4 aromatic rings. The number of rotatable bonds is 29. The van der Waals surface area contributed by atoms with E-state index in [4.69, 9.17) is 0 Å². The summed E-state index contributed by atoms with van der Waals surface area (Å²) < 4.78 is 56.1. The van der Waals surface area contributed by atoms with Gasteiger partial charge in [-0.2, -0.15) is 0 Å². The Morgan fingerprint density at radius 2 is 0.696 bits per heavy atom. The average molecular weight is 943 g/mol. The van der Waals surface area contributed by atoms with Crippen molar-refractivity contribution in [3.8, 4) is 0 Å². The van der Waals surface area contributed by atoms with Crippen molar-refractivity contribution >= 4 is 11.1 Å². The Morgan fingerprint density at radius 1 is 0.362 bits per heavy atom. The molecule has 2 aliphatic carbocycles. The maximum atomic E-state index is 14.3. The summed E-state index contributed by atoms with van der Waals surface area (Å²) in [6.07, 6.45) is 45.4. The Bertz CT molecular complexity index is 2210. The highest BCUT2D eigenvalue weighted by Crippen LogP contribution is 2.43. The molecule has 0 bridgehead atoms. The van der Waals surface area contributed by atoms with Gasteiger partial charge in [0, 0.05) is 11.1 Å². The highest BCUT2D eigenvalue weighted by atomic mass is 19.2. The van der Waals surface area contributed by atoms with Crippen molar-refractivity contribution in [3.05, 3.63) is 178 Å². The minimum absolute atomic E-state index is 0.0969. The SMILES string of the molecule is CCCCCCCCc1ccc(CCC2(CCCCC)C=CC(c3cccc(F)c3F)=CC2)cc1.CCCCCCCc1ccc(CCC2(CCCCC)C=CC(c3cccc(F)c3F)=CC2)cc1. The van der Waals surface area contributed by atoms with Gasteiger partial charge in [0.1, 0.15) is 0 Å². The number of aryl methyl sites for hydroxylation is 4. The van der Waals surface area contributed by atoms with Crippen LogP contribution in [0.5, 0.6) is 0 Å². The second kappa shape index (κ2) is 30.3. The molecule has 4 heteroatoms. The highest BCUT2D eigenvalue weighted by Gasteiger charge is 2.30. The van der Waals surface area contributed by atoms with Crippen LogP contribution in [-0.4, -0.2) is 0 Å². The van der Waals surface area contributed by atoms with Gasteiger partial charge in [-0.3, -0.25) is 0 Å². The second-order valence-electron chi connectivity index (χ2n) is 20.6. The molecule has 0 nitrogen and oxygen atoms in total. The predicted octanol–water partition coefficient (Wildman–Crippen LogP) is 20.4. The Hall–Kier alpha value is -4.44. The van der Waals surface area contributed by atoms with Crippen LogP contribution in [0.2, 0.25) is 0 Å². The Labute approximate surface area is 416 Å². The van der Waals surface area contributed by atoms with Crippen molar-refractivity contribution in [1.82, 2.24) is 0 Å². The maximum Gasteiger partial charge on any atom is 0.166 e. The van der Waals surface area contributed by atoms with Crippen LogP contribution in [0.1, 0.15) is 209 Å². The normalized spacial score (nSPS) is 17.6. The third-order valence-corrected chi connectivity index (χ3v) is 15.0. The summed E-state index contributed by atoms with van der Waals surface area (Å²) in [5, 5.41) is 0. The monoisotopic (exact) mass is 943 g/mol. The molecule has 0 N–H and O–H groups in total. The van der Waals surface area contributed by atoms with E-state index in [1.165, 1.54) is 156 Å². The lowest BCUT2D eigenvalue weighted by atomic mass is 9.72. The highest BCUT2D eigenvalue weighted by molar-refractivity contribution is 5.76. The molecule has 0 heterocycles. The molecule has 4 aromatic carbocycles. The van der Waals surface area contributed by atoms with Gasteiger partial charge in [-0.15, -0.1) is 0 Å². The van der Waals surface area contributed by atoms with E-state index in [1.54, 1.807) is 24.3 Å². The van der Waals surface area contributed by atoms with Crippen LogP contribution in [0.3, 0.4) is 0 Å². The summed E-state index contributed by atoms with van der Waals surface area (Å²) in [5.41, 5.74) is 8.20. The summed E-state index contributed by atoms with van der Waals surface area (Å²) in [4.78, 5) is 0. The zero-order valence-electron chi connectivity index (χ0n) is 43.2. The van der Waals surface area contributed by atoms with E-state index < -0.39 is 23.3 Å². The predicted molar refractivity (Wildman–Crippen MR) is 288 cm³/mol. The van der Waals surface area contributed by atoms with Crippen LogP contribution in [0.4, 0.5) is 17.6 Å². The molecule has 0 radical (unpaired) electrons. The number of benzene rings is 4. The fraction of sp³-hybridized carbons (Fsp3) is 0.508. The molecule has 2 aliphatic rings.